The number of methoxy groups -OCH3 is 1. The van der Waals surface area contributed by atoms with Gasteiger partial charge in [0.1, 0.15) is 5.75 Å². The Bertz CT molecular complexity index is 612. The Labute approximate surface area is 127 Å². The smallest absolute Gasteiger partial charge is 0.272 e. The molecule has 0 spiro atoms. The van der Waals surface area contributed by atoms with E-state index in [0.29, 0.717) is 6.42 Å². The van der Waals surface area contributed by atoms with Crippen LogP contribution in [0.5, 0.6) is 5.75 Å². The molecule has 0 aliphatic rings. The summed E-state index contributed by atoms with van der Waals surface area (Å²) >= 11 is 1.60. The third-order valence-corrected chi connectivity index (χ3v) is 4.26. The summed E-state index contributed by atoms with van der Waals surface area (Å²) in [5.41, 5.74) is 0.907. The molecule has 0 fully saturated rings. The highest BCUT2D eigenvalue weighted by molar-refractivity contribution is 7.10. The molecule has 6 heteroatoms. The molecule has 0 radical (unpaired) electrons. The van der Waals surface area contributed by atoms with Crippen molar-refractivity contribution in [1.29, 1.82) is 0 Å². The summed E-state index contributed by atoms with van der Waals surface area (Å²) in [5, 5.41) is 16.4. The van der Waals surface area contributed by atoms with Gasteiger partial charge in [-0.05, 0) is 19.0 Å². The average Bonchev–Trinajstić information content (AvgIpc) is 2.96. The molecule has 0 amide bonds. The van der Waals surface area contributed by atoms with Crippen molar-refractivity contribution in [2.45, 2.75) is 19.4 Å². The van der Waals surface area contributed by atoms with Gasteiger partial charge >= 0.3 is 0 Å². The van der Waals surface area contributed by atoms with Crippen LogP contribution in [0.3, 0.4) is 0 Å². The van der Waals surface area contributed by atoms with Gasteiger partial charge in [-0.3, -0.25) is 10.1 Å². The molecule has 0 saturated carbocycles. The van der Waals surface area contributed by atoms with Crippen LogP contribution in [0.1, 0.15) is 23.4 Å². The van der Waals surface area contributed by atoms with Crippen molar-refractivity contribution in [3.05, 3.63) is 56.3 Å². The fraction of sp³-hybridized carbons (Fsp3) is 0.333. The van der Waals surface area contributed by atoms with E-state index in [-0.39, 0.29) is 16.7 Å². The maximum Gasteiger partial charge on any atom is 0.272 e. The number of benzene rings is 1. The van der Waals surface area contributed by atoms with Crippen LogP contribution in [0.15, 0.2) is 35.7 Å². The molecular weight excluding hydrogens is 288 g/mol. The number of nitrogens with one attached hydrogen (secondary N) is 1. The predicted molar refractivity (Wildman–Crippen MR) is 84.1 cm³/mol. The van der Waals surface area contributed by atoms with Crippen molar-refractivity contribution >= 4 is 17.0 Å². The van der Waals surface area contributed by atoms with Crippen molar-refractivity contribution in [2.24, 2.45) is 0 Å². The summed E-state index contributed by atoms with van der Waals surface area (Å²) < 4.78 is 5.21. The molecule has 112 valence electrons. The second kappa shape index (κ2) is 7.19. The fourth-order valence-corrected chi connectivity index (χ4v) is 3.16. The van der Waals surface area contributed by atoms with Gasteiger partial charge in [0.2, 0.25) is 0 Å². The summed E-state index contributed by atoms with van der Waals surface area (Å²) in [6.45, 7) is 2.82. The molecular formula is C15H18N2O3S. The first-order valence-corrected chi connectivity index (χ1v) is 7.61. The quantitative estimate of drug-likeness (QED) is 0.627. The largest absolute Gasteiger partial charge is 0.496 e. The molecule has 1 unspecified atom stereocenters. The normalized spacial score (nSPS) is 12.1. The van der Waals surface area contributed by atoms with Crippen LogP contribution in [0.2, 0.25) is 0 Å². The summed E-state index contributed by atoms with van der Waals surface area (Å²) in [4.78, 5) is 11.9. The van der Waals surface area contributed by atoms with E-state index in [2.05, 4.69) is 5.32 Å². The topological polar surface area (TPSA) is 64.4 Å². The van der Waals surface area contributed by atoms with E-state index < -0.39 is 0 Å². The first-order valence-electron chi connectivity index (χ1n) is 6.73. The van der Waals surface area contributed by atoms with E-state index in [9.17, 15) is 10.1 Å². The van der Waals surface area contributed by atoms with Crippen molar-refractivity contribution in [3.8, 4) is 5.75 Å². The molecule has 2 aromatic rings. The Kier molecular flexibility index (Phi) is 5.30. The lowest BCUT2D eigenvalue weighted by Gasteiger charge is -2.16. The number of nitro groups is 1. The van der Waals surface area contributed by atoms with Crippen molar-refractivity contribution in [1.82, 2.24) is 5.32 Å². The van der Waals surface area contributed by atoms with Crippen LogP contribution < -0.4 is 10.1 Å². The second-order valence-corrected chi connectivity index (χ2v) is 5.53. The summed E-state index contributed by atoms with van der Waals surface area (Å²) in [5.74, 6) is 0.820. The molecule has 2 rings (SSSR count). The lowest BCUT2D eigenvalue weighted by molar-refractivity contribution is -0.385. The van der Waals surface area contributed by atoms with Gasteiger partial charge in [0.15, 0.2) is 0 Å². The van der Waals surface area contributed by atoms with Crippen LogP contribution in [0.4, 0.5) is 5.69 Å². The van der Waals surface area contributed by atoms with Gasteiger partial charge in [-0.1, -0.05) is 25.1 Å². The Morgan fingerprint density at radius 1 is 1.43 bits per heavy atom. The van der Waals surface area contributed by atoms with Crippen molar-refractivity contribution in [3.63, 3.8) is 0 Å². The second-order valence-electron chi connectivity index (χ2n) is 4.59. The monoisotopic (exact) mass is 306 g/mol. The van der Waals surface area contributed by atoms with Gasteiger partial charge in [-0.15, -0.1) is 11.3 Å². The molecule has 1 N–H and O–H groups in total. The minimum absolute atomic E-state index is 0.0463. The number of rotatable bonds is 7. The number of para-hydroxylation sites is 1. The maximum absolute atomic E-state index is 11.1. The molecule has 1 heterocycles. The van der Waals surface area contributed by atoms with Crippen LogP contribution in [0.25, 0.3) is 0 Å². The number of ether oxygens (including phenoxy) is 1. The molecule has 0 bridgehead atoms. The Balaban J connectivity index is 2.26. The molecule has 1 aromatic carbocycles. The standard InChI is InChI=1S/C15H18N2O3S/c1-3-16-13(15-9-12(20-2)10-21-15)8-11-6-4-5-7-14(11)17(18)19/h4-7,9-10,13,16H,3,8H2,1-2H3. The van der Waals surface area contributed by atoms with Crippen LogP contribution >= 0.6 is 11.3 Å². The van der Waals surface area contributed by atoms with Gasteiger partial charge in [-0.25, -0.2) is 0 Å². The number of likely N-dealkylation sites (N-methyl/N-ethyl adjacent to an activating group) is 1. The third-order valence-electron chi connectivity index (χ3n) is 3.24. The Morgan fingerprint density at radius 3 is 2.81 bits per heavy atom. The van der Waals surface area contributed by atoms with Crippen LogP contribution in [0, 0.1) is 10.1 Å². The predicted octanol–water partition coefficient (Wildman–Crippen LogP) is 3.56. The molecule has 0 aliphatic heterocycles. The van der Waals surface area contributed by atoms with Gasteiger partial charge in [0, 0.05) is 27.9 Å². The first kappa shape index (κ1) is 15.5. The van der Waals surface area contributed by atoms with Gasteiger partial charge in [0.25, 0.3) is 5.69 Å². The Morgan fingerprint density at radius 2 is 2.19 bits per heavy atom. The number of nitro benzene ring substituents is 1. The number of nitrogens with zero attached hydrogens (tertiary/aromatic N) is 1. The van der Waals surface area contributed by atoms with Crippen molar-refractivity contribution in [2.75, 3.05) is 13.7 Å². The highest BCUT2D eigenvalue weighted by atomic mass is 32.1. The highest BCUT2D eigenvalue weighted by Gasteiger charge is 2.19. The van der Waals surface area contributed by atoms with Crippen LogP contribution in [-0.2, 0) is 6.42 Å². The van der Waals surface area contributed by atoms with Gasteiger partial charge in [0.05, 0.1) is 12.0 Å². The van der Waals surface area contributed by atoms with E-state index in [4.69, 9.17) is 4.74 Å². The van der Waals surface area contributed by atoms with Crippen molar-refractivity contribution < 1.29 is 9.66 Å². The van der Waals surface area contributed by atoms with Crippen LogP contribution in [-0.4, -0.2) is 18.6 Å². The molecule has 5 nitrogen and oxygen atoms in total. The van der Waals surface area contributed by atoms with E-state index in [1.54, 1.807) is 30.6 Å². The number of hydrogen-bond acceptors (Lipinski definition) is 5. The minimum Gasteiger partial charge on any atom is -0.496 e. The van der Waals surface area contributed by atoms with E-state index in [1.165, 1.54) is 0 Å². The molecule has 0 saturated heterocycles. The fourth-order valence-electron chi connectivity index (χ4n) is 2.23. The third kappa shape index (κ3) is 3.80. The lowest BCUT2D eigenvalue weighted by atomic mass is 10.0. The Hall–Kier alpha value is -1.92. The highest BCUT2D eigenvalue weighted by Crippen LogP contribution is 2.31. The number of thiophene rings is 1. The average molecular weight is 306 g/mol. The van der Waals surface area contributed by atoms with E-state index in [0.717, 1.165) is 22.7 Å². The molecule has 0 aliphatic carbocycles. The summed E-state index contributed by atoms with van der Waals surface area (Å²) in [7, 11) is 1.64. The minimum atomic E-state index is -0.326. The van der Waals surface area contributed by atoms with Gasteiger partial charge in [-0.2, -0.15) is 0 Å². The lowest BCUT2D eigenvalue weighted by Crippen LogP contribution is -2.22. The summed E-state index contributed by atoms with van der Waals surface area (Å²) in [6, 6.07) is 8.91. The van der Waals surface area contributed by atoms with E-state index in [1.807, 2.05) is 30.5 Å². The SMILES string of the molecule is CCNC(Cc1ccccc1[N+](=O)[O-])c1cc(OC)cs1. The molecule has 1 atom stereocenters. The zero-order chi connectivity index (χ0) is 15.2. The molecule has 1 aromatic heterocycles. The molecule has 21 heavy (non-hydrogen) atoms. The van der Waals surface area contributed by atoms with Gasteiger partial charge < -0.3 is 10.1 Å². The maximum atomic E-state index is 11.1. The zero-order valence-corrected chi connectivity index (χ0v) is 12.9. The van der Waals surface area contributed by atoms with E-state index >= 15 is 0 Å². The number of hydrogen-bond donors (Lipinski definition) is 1. The first-order chi connectivity index (χ1) is 10.2. The summed E-state index contributed by atoms with van der Waals surface area (Å²) in [6.07, 6.45) is 0.578. The zero-order valence-electron chi connectivity index (χ0n) is 12.0.